The second kappa shape index (κ2) is 16.7. The molecule has 3 aromatic carbocycles. The highest BCUT2D eigenvalue weighted by molar-refractivity contribution is 5.98. The van der Waals surface area contributed by atoms with Crippen LogP contribution in [0.1, 0.15) is 62.3 Å². The van der Waals surface area contributed by atoms with Crippen LogP contribution in [-0.2, 0) is 14.4 Å². The Morgan fingerprint density at radius 2 is 1.58 bits per heavy atom. The normalized spacial score (nSPS) is 11.2. The summed E-state index contributed by atoms with van der Waals surface area (Å²) < 4.78 is 0. The van der Waals surface area contributed by atoms with Gasteiger partial charge in [-0.25, -0.2) is 4.98 Å². The molecular weight excluding hydrogens is 540 g/mol. The van der Waals surface area contributed by atoms with Gasteiger partial charge in [0.1, 0.15) is 5.82 Å². The number of carbonyl (C=O) groups excluding carboxylic acids is 2. The Kier molecular flexibility index (Phi) is 12.7. The number of aliphatic carboxylic acids is 1. The van der Waals surface area contributed by atoms with Gasteiger partial charge in [0.25, 0.3) is 0 Å². The molecule has 0 radical (unpaired) electrons. The van der Waals surface area contributed by atoms with E-state index in [1.54, 1.807) is 6.20 Å². The molecule has 2 amide bonds. The van der Waals surface area contributed by atoms with Crippen molar-refractivity contribution in [3.63, 3.8) is 0 Å². The van der Waals surface area contributed by atoms with Crippen molar-refractivity contribution in [3.05, 3.63) is 95.7 Å². The molecule has 0 bridgehead atoms. The van der Waals surface area contributed by atoms with Gasteiger partial charge in [-0.05, 0) is 77.4 Å². The Balaban J connectivity index is 0.00000248. The Morgan fingerprint density at radius 1 is 0.860 bits per heavy atom. The van der Waals surface area contributed by atoms with Crippen LogP contribution in [0.4, 0.5) is 5.82 Å². The number of benzene rings is 3. The van der Waals surface area contributed by atoms with Gasteiger partial charge in [-0.1, -0.05) is 74.5 Å². The minimum absolute atomic E-state index is 0.214. The summed E-state index contributed by atoms with van der Waals surface area (Å²) in [4.78, 5) is 40.6. The second-order valence-corrected chi connectivity index (χ2v) is 10.2. The summed E-state index contributed by atoms with van der Waals surface area (Å²) >= 11 is 0. The third-order valence-corrected chi connectivity index (χ3v) is 6.98. The molecule has 1 aromatic heterocycles. The number of hydrogen-bond donors (Lipinski definition) is 4. The summed E-state index contributed by atoms with van der Waals surface area (Å²) in [5.41, 5.74) is 5.09. The zero-order valence-corrected chi connectivity index (χ0v) is 25.4. The van der Waals surface area contributed by atoms with E-state index in [-0.39, 0.29) is 18.9 Å². The van der Waals surface area contributed by atoms with Crippen molar-refractivity contribution in [3.8, 4) is 11.1 Å². The third-order valence-electron chi connectivity index (χ3n) is 6.98. The fourth-order valence-corrected chi connectivity index (χ4v) is 4.80. The topological polar surface area (TPSA) is 120 Å². The number of rotatable bonds is 13. The van der Waals surface area contributed by atoms with Crippen LogP contribution in [0, 0.1) is 13.8 Å². The number of carbonyl (C=O) groups is 3. The molecule has 8 nitrogen and oxygen atoms in total. The zero-order chi connectivity index (χ0) is 31.2. The largest absolute Gasteiger partial charge is 0.481 e. The molecule has 8 heteroatoms. The van der Waals surface area contributed by atoms with Gasteiger partial charge < -0.3 is 21.1 Å². The van der Waals surface area contributed by atoms with E-state index >= 15 is 0 Å². The first-order valence-electron chi connectivity index (χ1n) is 14.8. The quantitative estimate of drug-likeness (QED) is 0.132. The Hall–Kier alpha value is -4.72. The van der Waals surface area contributed by atoms with Gasteiger partial charge in [0, 0.05) is 19.2 Å². The van der Waals surface area contributed by atoms with Gasteiger partial charge >= 0.3 is 5.97 Å². The summed E-state index contributed by atoms with van der Waals surface area (Å²) in [6.07, 6.45) is 3.22. The molecule has 0 aliphatic rings. The maximum absolute atomic E-state index is 12.6. The van der Waals surface area contributed by atoms with Crippen molar-refractivity contribution in [1.29, 1.82) is 0 Å². The molecule has 0 fully saturated rings. The van der Waals surface area contributed by atoms with Crippen molar-refractivity contribution in [2.45, 2.75) is 59.4 Å². The molecule has 4 aromatic rings. The first kappa shape index (κ1) is 32.8. The highest BCUT2D eigenvalue weighted by atomic mass is 16.4. The Bertz CT molecular complexity index is 1520. The number of nitrogens with zero attached hydrogens (tertiary/aromatic N) is 1. The zero-order valence-electron chi connectivity index (χ0n) is 25.4. The van der Waals surface area contributed by atoms with Crippen LogP contribution in [0.5, 0.6) is 0 Å². The molecule has 1 heterocycles. The molecule has 0 saturated carbocycles. The van der Waals surface area contributed by atoms with Crippen molar-refractivity contribution in [1.82, 2.24) is 15.6 Å². The summed E-state index contributed by atoms with van der Waals surface area (Å²) in [7, 11) is 0. The minimum atomic E-state index is -1.03. The SMILES string of the molecule is CC.Cc1ccnc(NCCCCC(=O)NCC(=O)NC(CC(=O)O)c2ccc(-c3ccc(C)c4ccccc34)cc2)c1. The Labute approximate surface area is 253 Å². The van der Waals surface area contributed by atoms with Crippen LogP contribution in [0.15, 0.2) is 79.0 Å². The standard InChI is InChI=1S/C33H36N4O4.C2H6/c1-22-16-18-35-30(19-22)34-17-6-5-9-31(38)36-21-32(39)37-29(20-33(40)41)25-13-11-24(12-14-25)27-15-10-23(2)26-7-3-4-8-28(26)27;1-2/h3-4,7-8,10-16,18-19,29H,5-6,9,17,20-21H2,1-2H3,(H,34,35)(H,36,38)(H,37,39)(H,40,41);1-2H3. The summed E-state index contributed by atoms with van der Waals surface area (Å²) in [6.45, 7) is 8.56. The predicted octanol–water partition coefficient (Wildman–Crippen LogP) is 6.58. The van der Waals surface area contributed by atoms with E-state index in [0.717, 1.165) is 34.3 Å². The minimum Gasteiger partial charge on any atom is -0.481 e. The molecule has 1 atom stereocenters. The van der Waals surface area contributed by atoms with E-state index in [0.29, 0.717) is 24.9 Å². The number of pyridine rings is 1. The molecule has 226 valence electrons. The first-order valence-corrected chi connectivity index (χ1v) is 14.8. The van der Waals surface area contributed by atoms with Gasteiger partial charge in [0.2, 0.25) is 11.8 Å². The summed E-state index contributed by atoms with van der Waals surface area (Å²) in [6, 6.07) is 23.1. The van der Waals surface area contributed by atoms with Crippen molar-refractivity contribution >= 4 is 34.4 Å². The summed E-state index contributed by atoms with van der Waals surface area (Å²) in [5.74, 6) is -0.883. The number of aryl methyl sites for hydroxylation is 2. The monoisotopic (exact) mass is 582 g/mol. The van der Waals surface area contributed by atoms with Crippen LogP contribution in [-0.4, -0.2) is 41.0 Å². The maximum Gasteiger partial charge on any atom is 0.305 e. The van der Waals surface area contributed by atoms with Gasteiger partial charge in [-0.3, -0.25) is 14.4 Å². The molecule has 43 heavy (non-hydrogen) atoms. The maximum atomic E-state index is 12.6. The van der Waals surface area contributed by atoms with Crippen LogP contribution in [0.2, 0.25) is 0 Å². The lowest BCUT2D eigenvalue weighted by Crippen LogP contribution is -2.39. The molecular formula is C35H42N4O4. The van der Waals surface area contributed by atoms with E-state index in [4.69, 9.17) is 0 Å². The molecule has 0 aliphatic carbocycles. The number of fused-ring (bicyclic) bond motifs is 1. The Morgan fingerprint density at radius 3 is 2.28 bits per heavy atom. The lowest BCUT2D eigenvalue weighted by atomic mass is 9.94. The smallest absolute Gasteiger partial charge is 0.305 e. The van der Waals surface area contributed by atoms with Gasteiger partial charge in [0.15, 0.2) is 0 Å². The lowest BCUT2D eigenvalue weighted by Gasteiger charge is -2.18. The second-order valence-electron chi connectivity index (χ2n) is 10.2. The van der Waals surface area contributed by atoms with E-state index in [9.17, 15) is 19.5 Å². The number of carboxylic acids is 1. The molecule has 1 unspecified atom stereocenters. The average Bonchev–Trinajstić information content (AvgIpc) is 3.01. The molecule has 0 aliphatic heterocycles. The van der Waals surface area contributed by atoms with Gasteiger partial charge in [0.05, 0.1) is 19.0 Å². The lowest BCUT2D eigenvalue weighted by molar-refractivity contribution is -0.138. The predicted molar refractivity (Wildman–Crippen MR) is 173 cm³/mol. The van der Waals surface area contributed by atoms with E-state index in [2.05, 4.69) is 52.1 Å². The van der Waals surface area contributed by atoms with E-state index in [1.165, 1.54) is 10.9 Å². The van der Waals surface area contributed by atoms with Crippen LogP contribution in [0.25, 0.3) is 21.9 Å². The van der Waals surface area contributed by atoms with E-state index in [1.807, 2.05) is 69.3 Å². The number of amides is 2. The van der Waals surface area contributed by atoms with Gasteiger partial charge in [-0.15, -0.1) is 0 Å². The van der Waals surface area contributed by atoms with Crippen molar-refractivity contribution in [2.75, 3.05) is 18.4 Å². The fraction of sp³-hybridized carbons (Fsp3) is 0.314. The van der Waals surface area contributed by atoms with Crippen molar-refractivity contribution in [2.24, 2.45) is 0 Å². The molecule has 4 rings (SSSR count). The molecule has 0 saturated heterocycles. The number of nitrogens with one attached hydrogen (secondary N) is 3. The highest BCUT2D eigenvalue weighted by Crippen LogP contribution is 2.31. The van der Waals surface area contributed by atoms with Crippen LogP contribution in [0.3, 0.4) is 0 Å². The number of carboxylic acid groups (broad SMARTS) is 1. The number of hydrogen-bond acceptors (Lipinski definition) is 5. The van der Waals surface area contributed by atoms with Crippen molar-refractivity contribution < 1.29 is 19.5 Å². The molecule has 4 N–H and O–H groups in total. The third kappa shape index (κ3) is 9.95. The first-order chi connectivity index (χ1) is 20.8. The molecule has 0 spiro atoms. The number of anilines is 1. The van der Waals surface area contributed by atoms with Gasteiger partial charge in [-0.2, -0.15) is 0 Å². The van der Waals surface area contributed by atoms with Crippen LogP contribution >= 0.6 is 0 Å². The van der Waals surface area contributed by atoms with Crippen LogP contribution < -0.4 is 16.0 Å². The fourth-order valence-electron chi connectivity index (χ4n) is 4.80. The number of unbranched alkanes of at least 4 members (excludes halogenated alkanes) is 1. The average molecular weight is 583 g/mol. The van der Waals surface area contributed by atoms with E-state index < -0.39 is 17.9 Å². The number of aromatic nitrogens is 1. The highest BCUT2D eigenvalue weighted by Gasteiger charge is 2.19. The summed E-state index contributed by atoms with van der Waals surface area (Å²) in [5, 5.41) is 20.4.